The number of aromatic carboxylic acids is 1. The lowest BCUT2D eigenvalue weighted by molar-refractivity contribution is 0.0697. The van der Waals surface area contributed by atoms with Gasteiger partial charge in [0.25, 0.3) is 0 Å². The van der Waals surface area contributed by atoms with Crippen LogP contribution >= 0.6 is 0 Å². The number of nitrogens with one attached hydrogen (secondary N) is 1. The molecule has 5 heteroatoms. The molecule has 0 heterocycles. The lowest BCUT2D eigenvalue weighted by Crippen LogP contribution is -2.37. The van der Waals surface area contributed by atoms with Crippen LogP contribution in [-0.4, -0.2) is 23.7 Å². The van der Waals surface area contributed by atoms with Crippen LogP contribution < -0.4 is 11.1 Å². The first-order valence-corrected chi connectivity index (χ1v) is 6.61. The summed E-state index contributed by atoms with van der Waals surface area (Å²) in [6, 6.07) is 3.92. The maximum atomic E-state index is 13.7. The largest absolute Gasteiger partial charge is 0.478 e. The van der Waals surface area contributed by atoms with Gasteiger partial charge in [-0.1, -0.05) is 12.8 Å². The molecule has 4 nitrogen and oxygen atoms in total. The normalized spacial score (nSPS) is 23.1. The monoisotopic (exact) mass is 266 g/mol. The number of carbonyl (C=O) groups is 1. The number of hydrogen-bond acceptors (Lipinski definition) is 3. The molecule has 0 aliphatic heterocycles. The molecule has 0 aromatic heterocycles. The second-order valence-corrected chi connectivity index (χ2v) is 5.03. The van der Waals surface area contributed by atoms with Gasteiger partial charge in [-0.3, -0.25) is 0 Å². The Labute approximate surface area is 111 Å². The van der Waals surface area contributed by atoms with Crippen LogP contribution in [0.25, 0.3) is 0 Å². The van der Waals surface area contributed by atoms with Crippen LogP contribution in [0.1, 0.15) is 36.0 Å². The van der Waals surface area contributed by atoms with E-state index in [1.165, 1.54) is 18.2 Å². The molecule has 4 N–H and O–H groups in total. The Balaban J connectivity index is 2.17. The van der Waals surface area contributed by atoms with Crippen molar-refractivity contribution in [3.63, 3.8) is 0 Å². The second-order valence-electron chi connectivity index (χ2n) is 5.03. The minimum Gasteiger partial charge on any atom is -0.478 e. The van der Waals surface area contributed by atoms with Crippen LogP contribution in [0.15, 0.2) is 18.2 Å². The molecular formula is C14H19FN2O2. The molecule has 1 aromatic rings. The van der Waals surface area contributed by atoms with Crippen LogP contribution in [0, 0.1) is 11.7 Å². The van der Waals surface area contributed by atoms with Gasteiger partial charge in [-0.2, -0.15) is 0 Å². The Hall–Kier alpha value is -1.62. The molecule has 19 heavy (non-hydrogen) atoms. The van der Waals surface area contributed by atoms with Crippen molar-refractivity contribution in [2.45, 2.75) is 31.7 Å². The first-order chi connectivity index (χ1) is 9.11. The average Bonchev–Trinajstić information content (AvgIpc) is 2.41. The quantitative estimate of drug-likeness (QED) is 0.782. The summed E-state index contributed by atoms with van der Waals surface area (Å²) in [5.41, 5.74) is 6.08. The van der Waals surface area contributed by atoms with Gasteiger partial charge in [-0.15, -0.1) is 0 Å². The van der Waals surface area contributed by atoms with Gasteiger partial charge in [-0.05, 0) is 43.5 Å². The van der Waals surface area contributed by atoms with Crippen molar-refractivity contribution in [3.8, 4) is 0 Å². The highest BCUT2D eigenvalue weighted by atomic mass is 19.1. The van der Waals surface area contributed by atoms with Crippen molar-refractivity contribution >= 4 is 11.7 Å². The van der Waals surface area contributed by atoms with E-state index in [0.29, 0.717) is 12.5 Å². The fourth-order valence-electron chi connectivity index (χ4n) is 2.65. The van der Waals surface area contributed by atoms with Gasteiger partial charge in [0.1, 0.15) is 5.82 Å². The molecule has 0 radical (unpaired) electrons. The molecule has 2 atom stereocenters. The van der Waals surface area contributed by atoms with Crippen LogP contribution in [0.3, 0.4) is 0 Å². The van der Waals surface area contributed by atoms with E-state index in [9.17, 15) is 9.18 Å². The summed E-state index contributed by atoms with van der Waals surface area (Å²) in [5, 5.41) is 12.1. The van der Waals surface area contributed by atoms with E-state index in [2.05, 4.69) is 5.32 Å². The van der Waals surface area contributed by atoms with Crippen LogP contribution in [0.5, 0.6) is 0 Å². The number of nitrogens with two attached hydrogens (primary N) is 1. The number of carboxylic acid groups (broad SMARTS) is 1. The lowest BCUT2D eigenvalue weighted by Gasteiger charge is -2.32. The van der Waals surface area contributed by atoms with E-state index in [0.717, 1.165) is 25.7 Å². The fraction of sp³-hybridized carbons (Fsp3) is 0.500. The molecule has 2 unspecified atom stereocenters. The molecule has 0 bridgehead atoms. The van der Waals surface area contributed by atoms with Crippen LogP contribution in [-0.2, 0) is 0 Å². The van der Waals surface area contributed by atoms with Crippen molar-refractivity contribution < 1.29 is 14.3 Å². The highest BCUT2D eigenvalue weighted by Gasteiger charge is 2.24. The summed E-state index contributed by atoms with van der Waals surface area (Å²) < 4.78 is 13.7. The van der Waals surface area contributed by atoms with Crippen molar-refractivity contribution in [2.75, 3.05) is 11.9 Å². The number of halogens is 1. The van der Waals surface area contributed by atoms with Gasteiger partial charge in [0.2, 0.25) is 0 Å². The van der Waals surface area contributed by atoms with Gasteiger partial charge in [-0.25, -0.2) is 9.18 Å². The van der Waals surface area contributed by atoms with E-state index in [1.54, 1.807) is 0 Å². The summed E-state index contributed by atoms with van der Waals surface area (Å²) in [6.07, 6.45) is 4.22. The third-order valence-corrected chi connectivity index (χ3v) is 3.77. The third-order valence-electron chi connectivity index (χ3n) is 3.77. The molecule has 0 amide bonds. The Morgan fingerprint density at radius 3 is 2.84 bits per heavy atom. The predicted octanol–water partition coefficient (Wildman–Crippen LogP) is 2.45. The van der Waals surface area contributed by atoms with Crippen molar-refractivity contribution in [1.82, 2.24) is 0 Å². The fourth-order valence-corrected chi connectivity index (χ4v) is 2.65. The minimum absolute atomic E-state index is 0.0870. The Morgan fingerprint density at radius 1 is 1.42 bits per heavy atom. The van der Waals surface area contributed by atoms with Crippen molar-refractivity contribution in [2.24, 2.45) is 11.7 Å². The number of carboxylic acids is 1. The number of rotatable bonds is 4. The van der Waals surface area contributed by atoms with E-state index in [-0.39, 0.29) is 17.3 Å². The van der Waals surface area contributed by atoms with Gasteiger partial charge in [0.05, 0.1) is 11.3 Å². The van der Waals surface area contributed by atoms with Crippen molar-refractivity contribution in [1.29, 1.82) is 0 Å². The Kier molecular flexibility index (Phi) is 4.37. The summed E-state index contributed by atoms with van der Waals surface area (Å²) in [5.74, 6) is -1.16. The SMILES string of the molecule is NCC1CCCCC1Nc1cc(C(=O)O)ccc1F. The van der Waals surface area contributed by atoms with Gasteiger partial charge < -0.3 is 16.2 Å². The number of anilines is 1. The maximum absolute atomic E-state index is 13.7. The molecule has 1 aliphatic rings. The maximum Gasteiger partial charge on any atom is 0.335 e. The number of hydrogen-bond donors (Lipinski definition) is 3. The summed E-state index contributed by atoms with van der Waals surface area (Å²) in [4.78, 5) is 10.9. The standard InChI is InChI=1S/C14H19FN2O2/c15-11-6-5-9(14(18)19)7-13(11)17-12-4-2-1-3-10(12)8-16/h5-7,10,12,17H,1-4,8,16H2,(H,18,19). The zero-order valence-corrected chi connectivity index (χ0v) is 10.7. The van der Waals surface area contributed by atoms with Crippen molar-refractivity contribution in [3.05, 3.63) is 29.6 Å². The van der Waals surface area contributed by atoms with Gasteiger partial charge in [0.15, 0.2) is 0 Å². The second kappa shape index (κ2) is 6.02. The Bertz CT molecular complexity index is 465. The molecule has 104 valence electrons. The lowest BCUT2D eigenvalue weighted by atomic mass is 9.84. The first kappa shape index (κ1) is 13.8. The average molecular weight is 266 g/mol. The van der Waals surface area contributed by atoms with Crippen LogP contribution in [0.4, 0.5) is 10.1 Å². The first-order valence-electron chi connectivity index (χ1n) is 6.61. The predicted molar refractivity (Wildman–Crippen MR) is 71.8 cm³/mol. The molecular weight excluding hydrogens is 247 g/mol. The highest BCUT2D eigenvalue weighted by Crippen LogP contribution is 2.28. The highest BCUT2D eigenvalue weighted by molar-refractivity contribution is 5.88. The van der Waals surface area contributed by atoms with Gasteiger partial charge >= 0.3 is 5.97 Å². The summed E-state index contributed by atoms with van der Waals surface area (Å²) in [7, 11) is 0. The summed E-state index contributed by atoms with van der Waals surface area (Å²) in [6.45, 7) is 0.567. The van der Waals surface area contributed by atoms with Crippen LogP contribution in [0.2, 0.25) is 0 Å². The molecule has 1 fully saturated rings. The summed E-state index contributed by atoms with van der Waals surface area (Å²) >= 11 is 0. The molecule has 1 saturated carbocycles. The topological polar surface area (TPSA) is 75.3 Å². The molecule has 1 aromatic carbocycles. The van der Waals surface area contributed by atoms with E-state index < -0.39 is 11.8 Å². The van der Waals surface area contributed by atoms with Gasteiger partial charge in [0, 0.05) is 6.04 Å². The molecule has 1 aliphatic carbocycles. The van der Waals surface area contributed by atoms with E-state index in [4.69, 9.17) is 10.8 Å². The molecule has 2 rings (SSSR count). The Morgan fingerprint density at radius 2 is 2.16 bits per heavy atom. The zero-order valence-electron chi connectivity index (χ0n) is 10.7. The van der Waals surface area contributed by atoms with E-state index in [1.807, 2.05) is 0 Å². The minimum atomic E-state index is -1.05. The smallest absolute Gasteiger partial charge is 0.335 e. The molecule has 0 spiro atoms. The molecule has 0 saturated heterocycles. The van der Waals surface area contributed by atoms with E-state index >= 15 is 0 Å². The third kappa shape index (κ3) is 3.23. The number of benzene rings is 1. The zero-order chi connectivity index (χ0) is 13.8.